The van der Waals surface area contributed by atoms with Crippen LogP contribution < -0.4 is 10.9 Å². The number of thioether (sulfide) groups is 1. The second-order valence-corrected chi connectivity index (χ2v) is 11.4. The standard InChI is InChI=1S/C22H30N4O2S2/c1-5-16(27)25-26-17(28)11-29-20-18-14-9-8-13(22(2,3)4)10-15(14)30-21(18)24-19(23-20)12-6-7-12/h12-13H,5-11H2,1-4H3,(H,25,27)(H,26,28). The van der Waals surface area contributed by atoms with Gasteiger partial charge in [0.2, 0.25) is 11.8 Å². The summed E-state index contributed by atoms with van der Waals surface area (Å²) in [5.41, 5.74) is 6.60. The fourth-order valence-electron chi connectivity index (χ4n) is 3.93. The first-order valence-corrected chi connectivity index (χ1v) is 12.6. The van der Waals surface area contributed by atoms with Gasteiger partial charge in [0.15, 0.2) is 0 Å². The van der Waals surface area contributed by atoms with Crippen LogP contribution in [0.4, 0.5) is 0 Å². The quantitative estimate of drug-likeness (QED) is 0.405. The number of thiophene rings is 1. The van der Waals surface area contributed by atoms with Gasteiger partial charge < -0.3 is 0 Å². The molecule has 2 heterocycles. The second-order valence-electron chi connectivity index (χ2n) is 9.39. The highest BCUT2D eigenvalue weighted by Crippen LogP contribution is 2.46. The maximum atomic E-state index is 12.2. The topological polar surface area (TPSA) is 84.0 Å². The first-order chi connectivity index (χ1) is 14.3. The van der Waals surface area contributed by atoms with Crippen molar-refractivity contribution in [3.05, 3.63) is 16.3 Å². The van der Waals surface area contributed by atoms with E-state index in [0.717, 1.165) is 46.8 Å². The fourth-order valence-corrected chi connectivity index (χ4v) is 6.16. The van der Waals surface area contributed by atoms with E-state index in [9.17, 15) is 9.59 Å². The molecule has 1 unspecified atom stereocenters. The van der Waals surface area contributed by atoms with Crippen LogP contribution in [0.15, 0.2) is 5.03 Å². The average molecular weight is 447 g/mol. The number of fused-ring (bicyclic) bond motifs is 3. The van der Waals surface area contributed by atoms with Crippen molar-refractivity contribution in [3.8, 4) is 0 Å². The Morgan fingerprint density at radius 2 is 1.87 bits per heavy atom. The van der Waals surface area contributed by atoms with Gasteiger partial charge in [-0.3, -0.25) is 20.4 Å². The van der Waals surface area contributed by atoms with Gasteiger partial charge >= 0.3 is 0 Å². The Labute approximate surface area is 186 Å². The van der Waals surface area contributed by atoms with Crippen molar-refractivity contribution in [1.82, 2.24) is 20.8 Å². The van der Waals surface area contributed by atoms with Crippen LogP contribution in [0.2, 0.25) is 0 Å². The summed E-state index contributed by atoms with van der Waals surface area (Å²) in [6.07, 6.45) is 5.97. The molecule has 0 radical (unpaired) electrons. The number of nitrogens with zero attached hydrogens (tertiary/aromatic N) is 2. The highest BCUT2D eigenvalue weighted by Gasteiger charge is 2.33. The maximum absolute atomic E-state index is 12.2. The number of carbonyl (C=O) groups is 2. The minimum Gasteiger partial charge on any atom is -0.273 e. The summed E-state index contributed by atoms with van der Waals surface area (Å²) >= 11 is 3.28. The normalized spacial score (nSPS) is 18.9. The third-order valence-electron chi connectivity index (χ3n) is 6.06. The predicted molar refractivity (Wildman–Crippen MR) is 122 cm³/mol. The van der Waals surface area contributed by atoms with Crippen molar-refractivity contribution < 1.29 is 9.59 Å². The van der Waals surface area contributed by atoms with E-state index < -0.39 is 0 Å². The van der Waals surface area contributed by atoms with E-state index in [1.807, 2.05) is 11.3 Å². The first kappa shape index (κ1) is 21.6. The molecule has 0 aliphatic heterocycles. The Kier molecular flexibility index (Phi) is 6.08. The van der Waals surface area contributed by atoms with Crippen molar-refractivity contribution in [2.45, 2.75) is 77.2 Å². The summed E-state index contributed by atoms with van der Waals surface area (Å²) in [5.74, 6) is 1.86. The van der Waals surface area contributed by atoms with Gasteiger partial charge in [0, 0.05) is 22.6 Å². The third-order valence-corrected chi connectivity index (χ3v) is 8.19. The lowest BCUT2D eigenvalue weighted by Gasteiger charge is -2.33. The van der Waals surface area contributed by atoms with E-state index in [4.69, 9.17) is 9.97 Å². The van der Waals surface area contributed by atoms with Crippen LogP contribution in [0.5, 0.6) is 0 Å². The number of hydrogen-bond acceptors (Lipinski definition) is 6. The molecule has 0 aromatic carbocycles. The van der Waals surface area contributed by atoms with Crippen molar-refractivity contribution in [3.63, 3.8) is 0 Å². The Balaban J connectivity index is 1.59. The largest absolute Gasteiger partial charge is 0.273 e. The number of nitrogens with one attached hydrogen (secondary N) is 2. The van der Waals surface area contributed by atoms with Crippen LogP contribution in [0.25, 0.3) is 10.2 Å². The summed E-state index contributed by atoms with van der Waals surface area (Å²) in [7, 11) is 0. The molecule has 2 aromatic heterocycles. The van der Waals surface area contributed by atoms with Gasteiger partial charge in [0.25, 0.3) is 0 Å². The minimum absolute atomic E-state index is 0.200. The lowest BCUT2D eigenvalue weighted by Crippen LogP contribution is -2.42. The third kappa shape index (κ3) is 4.64. The predicted octanol–water partition coefficient (Wildman–Crippen LogP) is 4.37. The Morgan fingerprint density at radius 1 is 1.13 bits per heavy atom. The lowest BCUT2D eigenvalue weighted by molar-refractivity contribution is -0.127. The molecule has 162 valence electrons. The van der Waals surface area contributed by atoms with Crippen molar-refractivity contribution in [1.29, 1.82) is 0 Å². The number of aromatic nitrogens is 2. The molecule has 4 rings (SSSR count). The number of amides is 2. The summed E-state index contributed by atoms with van der Waals surface area (Å²) in [6.45, 7) is 8.74. The number of hydrogen-bond donors (Lipinski definition) is 2. The Morgan fingerprint density at radius 3 is 2.53 bits per heavy atom. The molecular formula is C22H30N4O2S2. The molecule has 2 amide bonds. The highest BCUT2D eigenvalue weighted by atomic mass is 32.2. The number of hydrazine groups is 1. The van der Waals surface area contributed by atoms with Crippen LogP contribution in [0.1, 0.15) is 75.6 Å². The van der Waals surface area contributed by atoms with Gasteiger partial charge in [-0.1, -0.05) is 39.5 Å². The average Bonchev–Trinajstić information content (AvgIpc) is 3.49. The molecule has 0 spiro atoms. The molecule has 1 fully saturated rings. The maximum Gasteiger partial charge on any atom is 0.248 e. The molecule has 2 aliphatic carbocycles. The zero-order valence-corrected chi connectivity index (χ0v) is 19.8. The molecule has 2 aromatic rings. The van der Waals surface area contributed by atoms with Crippen molar-refractivity contribution >= 4 is 45.1 Å². The van der Waals surface area contributed by atoms with E-state index in [-0.39, 0.29) is 17.6 Å². The van der Waals surface area contributed by atoms with Gasteiger partial charge in [-0.2, -0.15) is 0 Å². The molecule has 8 heteroatoms. The molecule has 2 N–H and O–H groups in total. The first-order valence-electron chi connectivity index (χ1n) is 10.8. The smallest absolute Gasteiger partial charge is 0.248 e. The number of aryl methyl sites for hydroxylation is 1. The molecule has 6 nitrogen and oxygen atoms in total. The van der Waals surface area contributed by atoms with E-state index in [1.54, 1.807) is 6.92 Å². The zero-order valence-electron chi connectivity index (χ0n) is 18.1. The molecule has 0 bridgehead atoms. The number of carbonyl (C=O) groups excluding carboxylic acids is 2. The zero-order chi connectivity index (χ0) is 21.5. The van der Waals surface area contributed by atoms with Crippen LogP contribution >= 0.6 is 23.1 Å². The second kappa shape index (κ2) is 8.46. The van der Waals surface area contributed by atoms with Crippen molar-refractivity contribution in [2.75, 3.05) is 5.75 Å². The van der Waals surface area contributed by atoms with E-state index in [1.165, 1.54) is 28.6 Å². The molecule has 1 atom stereocenters. The Hall–Kier alpha value is -1.67. The van der Waals surface area contributed by atoms with E-state index >= 15 is 0 Å². The Bertz CT molecular complexity index is 976. The van der Waals surface area contributed by atoms with Gasteiger partial charge in [-0.15, -0.1) is 11.3 Å². The van der Waals surface area contributed by atoms with Gasteiger partial charge in [0.05, 0.1) is 5.75 Å². The molecule has 0 saturated heterocycles. The fraction of sp³-hybridized carbons (Fsp3) is 0.636. The van der Waals surface area contributed by atoms with Crippen LogP contribution in [0.3, 0.4) is 0 Å². The van der Waals surface area contributed by atoms with Gasteiger partial charge in [0.1, 0.15) is 15.7 Å². The van der Waals surface area contributed by atoms with E-state index in [2.05, 4.69) is 31.6 Å². The van der Waals surface area contributed by atoms with Gasteiger partial charge in [-0.05, 0) is 49.0 Å². The lowest BCUT2D eigenvalue weighted by atomic mass is 9.72. The summed E-state index contributed by atoms with van der Waals surface area (Å²) in [6, 6.07) is 0. The summed E-state index contributed by atoms with van der Waals surface area (Å²) in [4.78, 5) is 35.9. The summed E-state index contributed by atoms with van der Waals surface area (Å²) in [5, 5.41) is 2.08. The molecule has 2 aliphatic rings. The monoisotopic (exact) mass is 446 g/mol. The van der Waals surface area contributed by atoms with E-state index in [0.29, 0.717) is 23.7 Å². The molecular weight excluding hydrogens is 416 g/mol. The minimum atomic E-state index is -0.224. The highest BCUT2D eigenvalue weighted by molar-refractivity contribution is 8.00. The van der Waals surface area contributed by atoms with Crippen LogP contribution in [0, 0.1) is 11.3 Å². The SMILES string of the molecule is CCC(=O)NNC(=O)CSc1nc(C2CC2)nc2sc3c(c12)CCC(C(C)(C)C)C3. The molecule has 30 heavy (non-hydrogen) atoms. The summed E-state index contributed by atoms with van der Waals surface area (Å²) < 4.78 is 0. The number of rotatable bonds is 5. The van der Waals surface area contributed by atoms with Crippen molar-refractivity contribution in [2.24, 2.45) is 11.3 Å². The van der Waals surface area contributed by atoms with Crippen LogP contribution in [-0.4, -0.2) is 27.5 Å². The molecule has 1 saturated carbocycles. The van der Waals surface area contributed by atoms with Crippen LogP contribution in [-0.2, 0) is 22.4 Å². The van der Waals surface area contributed by atoms with Gasteiger partial charge in [-0.25, -0.2) is 9.97 Å².